The lowest BCUT2D eigenvalue weighted by Gasteiger charge is -2.10. The molecule has 2 rings (SSSR count). The van der Waals surface area contributed by atoms with Gasteiger partial charge in [-0.05, 0) is 32.1 Å². The van der Waals surface area contributed by atoms with Gasteiger partial charge in [-0.1, -0.05) is 38.0 Å². The van der Waals surface area contributed by atoms with Crippen LogP contribution in [0, 0.1) is 12.8 Å². The maximum Gasteiger partial charge on any atom is 0.263 e. The molecule has 1 aliphatic carbocycles. The van der Waals surface area contributed by atoms with Gasteiger partial charge in [-0.3, -0.25) is 4.79 Å². The number of carbonyl (C=O) groups is 1. The Labute approximate surface area is 125 Å². The fourth-order valence-electron chi connectivity index (χ4n) is 2.47. The number of nitrogens with one attached hydrogen (secondary N) is 2. The van der Waals surface area contributed by atoms with Crippen LogP contribution in [0.3, 0.4) is 0 Å². The van der Waals surface area contributed by atoms with Gasteiger partial charge in [0.25, 0.3) is 5.91 Å². The van der Waals surface area contributed by atoms with Crippen LogP contribution in [0.15, 0.2) is 0 Å². The highest BCUT2D eigenvalue weighted by Crippen LogP contribution is 2.24. The fraction of sp³-hybridized carbons (Fsp3) is 0.733. The number of rotatable bonds is 6. The Morgan fingerprint density at radius 3 is 2.75 bits per heavy atom. The van der Waals surface area contributed by atoms with Crippen molar-refractivity contribution in [3.8, 4) is 0 Å². The molecule has 1 fully saturated rings. The van der Waals surface area contributed by atoms with Gasteiger partial charge in [-0.15, -0.1) is 0 Å². The number of aryl methyl sites for hydroxylation is 1. The van der Waals surface area contributed by atoms with Crippen LogP contribution in [-0.2, 0) is 0 Å². The highest BCUT2D eigenvalue weighted by molar-refractivity contribution is 7.17. The zero-order valence-corrected chi connectivity index (χ0v) is 13.5. The summed E-state index contributed by atoms with van der Waals surface area (Å²) >= 11 is 1.47. The molecule has 5 heteroatoms. The van der Waals surface area contributed by atoms with Crippen molar-refractivity contribution in [1.29, 1.82) is 0 Å². The Hall–Kier alpha value is -1.10. The first kappa shape index (κ1) is 15.3. The van der Waals surface area contributed by atoms with E-state index in [9.17, 15) is 4.79 Å². The molecule has 2 N–H and O–H groups in total. The first-order valence-electron chi connectivity index (χ1n) is 7.58. The third-order valence-electron chi connectivity index (χ3n) is 3.69. The number of hydrogen-bond donors (Lipinski definition) is 2. The van der Waals surface area contributed by atoms with Gasteiger partial charge in [0.1, 0.15) is 4.88 Å². The summed E-state index contributed by atoms with van der Waals surface area (Å²) in [6.07, 6.45) is 5.80. The van der Waals surface area contributed by atoms with E-state index in [1.165, 1.54) is 24.2 Å². The number of anilines is 1. The fourth-order valence-corrected chi connectivity index (χ4v) is 3.37. The predicted molar refractivity (Wildman–Crippen MR) is 84.5 cm³/mol. The van der Waals surface area contributed by atoms with Crippen LogP contribution >= 0.6 is 11.3 Å². The molecule has 1 aromatic rings. The summed E-state index contributed by atoms with van der Waals surface area (Å²) < 4.78 is 0. The lowest BCUT2D eigenvalue weighted by atomic mass is 10.1. The van der Waals surface area contributed by atoms with Gasteiger partial charge in [0.15, 0.2) is 5.13 Å². The lowest BCUT2D eigenvalue weighted by molar-refractivity contribution is 0.0941. The van der Waals surface area contributed by atoms with E-state index in [1.54, 1.807) is 0 Å². The summed E-state index contributed by atoms with van der Waals surface area (Å²) in [5, 5.41) is 7.30. The van der Waals surface area contributed by atoms with Crippen LogP contribution in [0.4, 0.5) is 5.13 Å². The lowest BCUT2D eigenvalue weighted by Crippen LogP contribution is -2.32. The third kappa shape index (κ3) is 4.20. The molecular weight excluding hydrogens is 270 g/mol. The average Bonchev–Trinajstić information content (AvgIpc) is 2.98. The third-order valence-corrected chi connectivity index (χ3v) is 4.81. The molecule has 1 heterocycles. The summed E-state index contributed by atoms with van der Waals surface area (Å²) in [5.74, 6) is 0.720. The van der Waals surface area contributed by atoms with Crippen molar-refractivity contribution in [2.45, 2.75) is 58.9 Å². The van der Waals surface area contributed by atoms with Crippen molar-refractivity contribution in [1.82, 2.24) is 10.3 Å². The smallest absolute Gasteiger partial charge is 0.263 e. The number of carbonyl (C=O) groups excluding carboxylic acids is 1. The van der Waals surface area contributed by atoms with E-state index in [-0.39, 0.29) is 5.91 Å². The van der Waals surface area contributed by atoms with Crippen molar-refractivity contribution in [3.63, 3.8) is 0 Å². The summed E-state index contributed by atoms with van der Waals surface area (Å²) in [5.41, 5.74) is 0.831. The normalized spacial score (nSPS) is 15.8. The molecule has 0 spiro atoms. The van der Waals surface area contributed by atoms with Gasteiger partial charge in [0, 0.05) is 12.6 Å². The summed E-state index contributed by atoms with van der Waals surface area (Å²) in [6.45, 7) is 7.23. The van der Waals surface area contributed by atoms with Crippen LogP contribution in [0.25, 0.3) is 0 Å². The Bertz CT molecular complexity index is 450. The average molecular weight is 295 g/mol. The van der Waals surface area contributed by atoms with Crippen molar-refractivity contribution in [3.05, 3.63) is 10.6 Å². The number of amides is 1. The highest BCUT2D eigenvalue weighted by atomic mass is 32.1. The quantitative estimate of drug-likeness (QED) is 0.843. The predicted octanol–water partition coefficient (Wildman–Crippen LogP) is 3.58. The summed E-state index contributed by atoms with van der Waals surface area (Å²) in [7, 11) is 0. The van der Waals surface area contributed by atoms with E-state index in [0.717, 1.165) is 41.5 Å². The van der Waals surface area contributed by atoms with Crippen LogP contribution in [0.5, 0.6) is 0 Å². The Morgan fingerprint density at radius 1 is 1.40 bits per heavy atom. The second-order valence-electron chi connectivity index (χ2n) is 6.00. The summed E-state index contributed by atoms with van der Waals surface area (Å²) in [4.78, 5) is 17.5. The maximum absolute atomic E-state index is 12.2. The van der Waals surface area contributed by atoms with Gasteiger partial charge in [-0.2, -0.15) is 0 Å². The topological polar surface area (TPSA) is 54.0 Å². The minimum atomic E-state index is 0.0452. The second kappa shape index (κ2) is 7.07. The van der Waals surface area contributed by atoms with E-state index >= 15 is 0 Å². The number of nitrogens with zero attached hydrogens (tertiary/aromatic N) is 1. The highest BCUT2D eigenvalue weighted by Gasteiger charge is 2.21. The van der Waals surface area contributed by atoms with Crippen molar-refractivity contribution in [2.75, 3.05) is 11.9 Å². The van der Waals surface area contributed by atoms with E-state index in [1.807, 2.05) is 6.92 Å². The molecule has 1 aliphatic rings. The molecule has 112 valence electrons. The Balaban J connectivity index is 1.90. The number of aromatic nitrogens is 1. The molecule has 0 bridgehead atoms. The molecule has 0 aromatic carbocycles. The van der Waals surface area contributed by atoms with Crippen LogP contribution in [-0.4, -0.2) is 23.5 Å². The Morgan fingerprint density at radius 2 is 2.10 bits per heavy atom. The van der Waals surface area contributed by atoms with Gasteiger partial charge in [0.2, 0.25) is 0 Å². The van der Waals surface area contributed by atoms with Crippen molar-refractivity contribution >= 4 is 22.4 Å². The number of thiazole rings is 1. The first-order chi connectivity index (χ1) is 9.56. The van der Waals surface area contributed by atoms with Gasteiger partial charge in [0.05, 0.1) is 5.69 Å². The Kier molecular flexibility index (Phi) is 5.40. The zero-order chi connectivity index (χ0) is 14.5. The molecule has 1 amide bonds. The molecule has 0 atom stereocenters. The van der Waals surface area contributed by atoms with Crippen LogP contribution < -0.4 is 10.6 Å². The molecule has 0 radical (unpaired) electrons. The van der Waals surface area contributed by atoms with Crippen LogP contribution in [0.2, 0.25) is 0 Å². The van der Waals surface area contributed by atoms with E-state index in [0.29, 0.717) is 12.0 Å². The maximum atomic E-state index is 12.2. The van der Waals surface area contributed by atoms with E-state index in [4.69, 9.17) is 0 Å². The minimum absolute atomic E-state index is 0.0452. The van der Waals surface area contributed by atoms with Gasteiger partial charge in [-0.25, -0.2) is 4.98 Å². The number of hydrogen-bond acceptors (Lipinski definition) is 4. The second-order valence-corrected chi connectivity index (χ2v) is 7.00. The molecular formula is C15H25N3OS. The molecule has 0 unspecified atom stereocenters. The molecule has 1 aromatic heterocycles. The SMILES string of the molecule is Cc1nc(NCCC(C)C)sc1C(=O)NC1CCCC1. The molecule has 1 saturated carbocycles. The molecule has 4 nitrogen and oxygen atoms in total. The van der Waals surface area contributed by atoms with Gasteiger partial charge < -0.3 is 10.6 Å². The molecule has 20 heavy (non-hydrogen) atoms. The first-order valence-corrected chi connectivity index (χ1v) is 8.40. The molecule has 0 saturated heterocycles. The van der Waals surface area contributed by atoms with E-state index in [2.05, 4.69) is 29.5 Å². The van der Waals surface area contributed by atoms with Crippen LogP contribution in [0.1, 0.15) is 61.3 Å². The molecule has 0 aliphatic heterocycles. The minimum Gasteiger partial charge on any atom is -0.361 e. The standard InChI is InChI=1S/C15H25N3OS/c1-10(2)8-9-16-15-17-11(3)13(20-15)14(19)18-12-6-4-5-7-12/h10,12H,4-9H2,1-3H3,(H,16,17)(H,18,19). The monoisotopic (exact) mass is 295 g/mol. The van der Waals surface area contributed by atoms with Crippen molar-refractivity contribution < 1.29 is 4.79 Å². The van der Waals surface area contributed by atoms with Gasteiger partial charge >= 0.3 is 0 Å². The zero-order valence-electron chi connectivity index (χ0n) is 12.7. The largest absolute Gasteiger partial charge is 0.361 e. The summed E-state index contributed by atoms with van der Waals surface area (Å²) in [6, 6.07) is 0.362. The van der Waals surface area contributed by atoms with Crippen molar-refractivity contribution in [2.24, 2.45) is 5.92 Å². The van der Waals surface area contributed by atoms with E-state index < -0.39 is 0 Å².